The smallest absolute Gasteiger partial charge is 0.462 e. The zero-order valence-electron chi connectivity index (χ0n) is 61.1. The quantitative estimate of drug-likeness (QED) is 0.0169. The third-order valence-corrected chi connectivity index (χ3v) is 18.4. The van der Waals surface area contributed by atoms with E-state index in [9.17, 15) is 43.2 Å². The van der Waals surface area contributed by atoms with Gasteiger partial charge in [-0.05, 0) is 116 Å². The van der Waals surface area contributed by atoms with Gasteiger partial charge >= 0.3 is 39.5 Å². The molecular weight excluding hydrogens is 1260 g/mol. The lowest BCUT2D eigenvalue weighted by Gasteiger charge is -2.21. The number of aliphatic hydroxyl groups is 1. The number of hydrogen-bond acceptors (Lipinski definition) is 15. The van der Waals surface area contributed by atoms with E-state index < -0.39 is 97.5 Å². The van der Waals surface area contributed by atoms with Gasteiger partial charge in [-0.15, -0.1) is 0 Å². The second-order valence-electron chi connectivity index (χ2n) is 25.9. The Morgan fingerprint density at radius 1 is 0.292 bits per heavy atom. The highest BCUT2D eigenvalue weighted by Gasteiger charge is 2.30. The van der Waals surface area contributed by atoms with E-state index >= 15 is 0 Å². The van der Waals surface area contributed by atoms with E-state index in [0.29, 0.717) is 25.7 Å². The van der Waals surface area contributed by atoms with Crippen LogP contribution in [0.4, 0.5) is 0 Å². The van der Waals surface area contributed by atoms with Crippen molar-refractivity contribution in [1.82, 2.24) is 0 Å². The molecule has 0 aromatic rings. The van der Waals surface area contributed by atoms with Crippen molar-refractivity contribution >= 4 is 39.5 Å². The van der Waals surface area contributed by atoms with Crippen molar-refractivity contribution in [2.45, 2.75) is 367 Å². The summed E-state index contributed by atoms with van der Waals surface area (Å²) in [6.07, 6.45) is 67.7. The fourth-order valence-electron chi connectivity index (χ4n) is 10.5. The number of hydrogen-bond donors (Lipinski definition) is 3. The largest absolute Gasteiger partial charge is 0.472 e. The van der Waals surface area contributed by atoms with Crippen LogP contribution in [0.25, 0.3) is 0 Å². The Labute approximate surface area is 584 Å². The van der Waals surface area contributed by atoms with Crippen molar-refractivity contribution in [3.63, 3.8) is 0 Å². The molecule has 0 aliphatic rings. The lowest BCUT2D eigenvalue weighted by atomic mass is 10.0. The highest BCUT2D eigenvalue weighted by Crippen LogP contribution is 2.45. The number of ether oxygens (including phenoxy) is 4. The van der Waals surface area contributed by atoms with Gasteiger partial charge in [0, 0.05) is 25.7 Å². The summed E-state index contributed by atoms with van der Waals surface area (Å²) >= 11 is 0. The van der Waals surface area contributed by atoms with E-state index in [1.807, 2.05) is 0 Å². The number of allylic oxidation sites excluding steroid dienone is 10. The fourth-order valence-corrected chi connectivity index (χ4v) is 12.1. The van der Waals surface area contributed by atoms with Gasteiger partial charge < -0.3 is 33.8 Å². The summed E-state index contributed by atoms with van der Waals surface area (Å²) in [4.78, 5) is 72.8. The summed E-state index contributed by atoms with van der Waals surface area (Å²) in [6.45, 7) is 4.82. The number of carbonyl (C=O) groups excluding carboxylic acids is 4. The summed E-state index contributed by atoms with van der Waals surface area (Å²) < 4.78 is 68.5. The number of rotatable bonds is 73. The molecule has 0 amide bonds. The van der Waals surface area contributed by atoms with Crippen molar-refractivity contribution in [1.29, 1.82) is 0 Å². The molecule has 19 heteroatoms. The number of unbranched alkanes of at least 4 members (excludes halogenated alkanes) is 37. The first-order valence-electron chi connectivity index (χ1n) is 38.5. The third kappa shape index (κ3) is 69.2. The molecule has 0 aliphatic heterocycles. The Kier molecular flexibility index (Phi) is 67.8. The van der Waals surface area contributed by atoms with Gasteiger partial charge in [-0.1, -0.05) is 268 Å². The molecule has 0 saturated carbocycles. The number of aliphatic hydroxyl groups excluding tert-OH is 1. The van der Waals surface area contributed by atoms with Crippen LogP contribution in [0.5, 0.6) is 0 Å². The maximum atomic E-state index is 13.1. The molecule has 0 heterocycles. The molecule has 5 atom stereocenters. The molecular formula is C77H140O17P2. The minimum atomic E-state index is -4.97. The number of phosphoric ester groups is 2. The first-order chi connectivity index (χ1) is 46.7. The molecule has 2 unspecified atom stereocenters. The van der Waals surface area contributed by atoms with Gasteiger partial charge in [-0.2, -0.15) is 0 Å². The van der Waals surface area contributed by atoms with E-state index in [1.54, 1.807) is 0 Å². The Morgan fingerprint density at radius 3 is 0.812 bits per heavy atom. The van der Waals surface area contributed by atoms with Crippen LogP contribution in [-0.2, 0) is 65.4 Å². The van der Waals surface area contributed by atoms with Crippen LogP contribution in [0.15, 0.2) is 60.8 Å². The SMILES string of the molecule is CCCCC/C=C\C/C=C\CCCCCCCC(=O)OC[C@H](COP(=O)(O)OC[C@H](O)COP(=O)(O)OC[C@@H](COC(=O)CCCCCCC/C=C\C/C=C\CCCCC)OC(=O)CCCCCCCCCCCCCCC)OC(=O)CCCCCCC/C=C\CCCCCC. The van der Waals surface area contributed by atoms with E-state index in [4.69, 9.17) is 37.0 Å². The Hall–Kier alpha value is -3.24. The van der Waals surface area contributed by atoms with Crippen molar-refractivity contribution in [3.05, 3.63) is 60.8 Å². The van der Waals surface area contributed by atoms with E-state index in [2.05, 4.69) is 88.5 Å². The van der Waals surface area contributed by atoms with Crippen molar-refractivity contribution < 1.29 is 80.2 Å². The predicted molar refractivity (Wildman–Crippen MR) is 390 cm³/mol. The van der Waals surface area contributed by atoms with E-state index in [-0.39, 0.29) is 25.7 Å². The molecule has 560 valence electrons. The monoisotopic (exact) mass is 1400 g/mol. The topological polar surface area (TPSA) is 237 Å². The molecule has 0 fully saturated rings. The van der Waals surface area contributed by atoms with Gasteiger partial charge in [-0.25, -0.2) is 9.13 Å². The van der Waals surface area contributed by atoms with Crippen LogP contribution >= 0.6 is 15.6 Å². The minimum Gasteiger partial charge on any atom is -0.462 e. The molecule has 0 bridgehead atoms. The molecule has 0 saturated heterocycles. The fraction of sp³-hybridized carbons (Fsp3) is 0.818. The molecule has 0 aromatic heterocycles. The van der Waals surface area contributed by atoms with Gasteiger partial charge in [0.2, 0.25) is 0 Å². The maximum Gasteiger partial charge on any atom is 0.472 e. The van der Waals surface area contributed by atoms with Gasteiger partial charge in [0.1, 0.15) is 19.3 Å². The molecule has 0 aromatic carbocycles. The predicted octanol–water partition coefficient (Wildman–Crippen LogP) is 21.9. The van der Waals surface area contributed by atoms with E-state index in [0.717, 1.165) is 154 Å². The summed E-state index contributed by atoms with van der Waals surface area (Å²) in [6, 6.07) is 0. The number of carbonyl (C=O) groups is 4. The molecule has 96 heavy (non-hydrogen) atoms. The van der Waals surface area contributed by atoms with E-state index in [1.165, 1.54) is 116 Å². The molecule has 0 aliphatic carbocycles. The first kappa shape index (κ1) is 92.8. The molecule has 3 N–H and O–H groups in total. The van der Waals surface area contributed by atoms with Crippen molar-refractivity contribution in [2.75, 3.05) is 39.6 Å². The van der Waals surface area contributed by atoms with Gasteiger partial charge in [0.25, 0.3) is 0 Å². The van der Waals surface area contributed by atoms with Crippen molar-refractivity contribution in [2.24, 2.45) is 0 Å². The van der Waals surface area contributed by atoms with Crippen LogP contribution in [0, 0.1) is 0 Å². The standard InChI is InChI=1S/C77H140O17P2/c1-5-9-13-17-21-25-29-33-35-39-41-45-49-53-57-61-74(79)87-67-72(93-76(81)63-59-55-51-47-43-37-31-27-23-19-15-11-7-3)69-91-95(83,84)89-65-71(78)66-90-96(85,86)92-70-73(94-77(82)64-60-56-52-48-44-38-32-28-24-20-16-12-8-4)68-88-75(80)62-58-54-50-46-42-40-36-34-30-26-22-18-14-10-6-2/h21-22,25-27,31,33-36,71-73,78H,5-20,23-24,28-30,32,37-70H2,1-4H3,(H,83,84)(H,85,86)/b25-21-,26-22-,31-27-,35-33-,36-34-/t71-,72+,73+/m0/s1. The number of phosphoric acid groups is 2. The Morgan fingerprint density at radius 2 is 0.510 bits per heavy atom. The third-order valence-electron chi connectivity index (χ3n) is 16.5. The average Bonchev–Trinajstić information content (AvgIpc) is 1.14. The second-order valence-corrected chi connectivity index (χ2v) is 28.9. The van der Waals surface area contributed by atoms with Crippen LogP contribution in [-0.4, -0.2) is 96.7 Å². The summed E-state index contributed by atoms with van der Waals surface area (Å²) in [5, 5.41) is 10.6. The lowest BCUT2D eigenvalue weighted by molar-refractivity contribution is -0.161. The molecule has 0 spiro atoms. The van der Waals surface area contributed by atoms with Gasteiger partial charge in [-0.3, -0.25) is 37.3 Å². The first-order valence-corrected chi connectivity index (χ1v) is 41.5. The normalized spacial score (nSPS) is 14.3. The highest BCUT2D eigenvalue weighted by atomic mass is 31.2. The van der Waals surface area contributed by atoms with Crippen LogP contribution in [0.2, 0.25) is 0 Å². The maximum absolute atomic E-state index is 13.1. The van der Waals surface area contributed by atoms with Gasteiger partial charge in [0.05, 0.1) is 26.4 Å². The molecule has 17 nitrogen and oxygen atoms in total. The Balaban J connectivity index is 5.33. The zero-order chi connectivity index (χ0) is 70.4. The minimum absolute atomic E-state index is 0.0853. The lowest BCUT2D eigenvalue weighted by Crippen LogP contribution is -2.30. The van der Waals surface area contributed by atoms with Crippen LogP contribution in [0.1, 0.15) is 349 Å². The zero-order valence-corrected chi connectivity index (χ0v) is 62.8. The Bertz CT molecular complexity index is 2060. The average molecular weight is 1400 g/mol. The summed E-state index contributed by atoms with van der Waals surface area (Å²) in [5.41, 5.74) is 0. The summed E-state index contributed by atoms with van der Waals surface area (Å²) in [7, 11) is -9.94. The van der Waals surface area contributed by atoms with Gasteiger partial charge in [0.15, 0.2) is 12.2 Å². The van der Waals surface area contributed by atoms with Crippen LogP contribution in [0.3, 0.4) is 0 Å². The second kappa shape index (κ2) is 70.2. The van der Waals surface area contributed by atoms with Crippen molar-refractivity contribution in [3.8, 4) is 0 Å². The number of esters is 4. The molecule has 0 radical (unpaired) electrons. The molecule has 0 rings (SSSR count). The summed E-state index contributed by atoms with van der Waals surface area (Å²) in [5.74, 6) is -2.19. The van der Waals surface area contributed by atoms with Crippen LogP contribution < -0.4 is 0 Å². The highest BCUT2D eigenvalue weighted by molar-refractivity contribution is 7.47.